The summed E-state index contributed by atoms with van der Waals surface area (Å²) in [4.78, 5) is 2.03. The number of benzene rings is 1. The maximum Gasteiger partial charge on any atom is 0.00556 e. The molecule has 0 amide bonds. The van der Waals surface area contributed by atoms with Gasteiger partial charge in [0.2, 0.25) is 0 Å². The summed E-state index contributed by atoms with van der Waals surface area (Å²) < 4.78 is 0. The monoisotopic (exact) mass is 191 g/mol. The number of hydrogen-bond donors (Lipinski definition) is 0. The Labute approximate surface area is 88.1 Å². The van der Waals surface area contributed by atoms with Crippen molar-refractivity contribution in [3.05, 3.63) is 41.6 Å². The summed E-state index contributed by atoms with van der Waals surface area (Å²) in [5, 5.41) is 0. The third kappa shape index (κ3) is 4.70. The van der Waals surface area contributed by atoms with Crippen LogP contribution >= 0.6 is 0 Å². The van der Waals surface area contributed by atoms with Crippen LogP contribution in [0.5, 0.6) is 0 Å². The Hall–Kier alpha value is -1.24. The summed E-state index contributed by atoms with van der Waals surface area (Å²) in [5.74, 6) is 0. The lowest BCUT2D eigenvalue weighted by molar-refractivity contribution is 0.567. The van der Waals surface area contributed by atoms with Crippen molar-refractivity contribution in [1.82, 2.24) is 4.90 Å². The first kappa shape index (κ1) is 12.8. The Morgan fingerprint density at radius 3 is 2.14 bits per heavy atom. The maximum atomic E-state index is 2.12. The van der Waals surface area contributed by atoms with Crippen LogP contribution in [0.25, 0.3) is 6.08 Å². The molecule has 0 fully saturated rings. The second-order valence-electron chi connectivity index (χ2n) is 3.14. The van der Waals surface area contributed by atoms with Crippen molar-refractivity contribution in [2.24, 2.45) is 0 Å². The molecule has 0 radical (unpaired) electrons. The largest absolute Gasteiger partial charge is 0.383 e. The Morgan fingerprint density at radius 1 is 1.07 bits per heavy atom. The van der Waals surface area contributed by atoms with Crippen molar-refractivity contribution in [1.29, 1.82) is 0 Å². The van der Waals surface area contributed by atoms with Gasteiger partial charge in [0.05, 0.1) is 0 Å². The lowest BCUT2D eigenvalue weighted by Crippen LogP contribution is -1.99. The molecular weight excluding hydrogens is 170 g/mol. The van der Waals surface area contributed by atoms with Gasteiger partial charge in [-0.05, 0) is 30.3 Å². The second-order valence-corrected chi connectivity index (χ2v) is 3.14. The van der Waals surface area contributed by atoms with Crippen molar-refractivity contribution in [3.63, 3.8) is 0 Å². The van der Waals surface area contributed by atoms with Crippen molar-refractivity contribution < 1.29 is 0 Å². The first-order chi connectivity index (χ1) is 6.70. The average Bonchev–Trinajstić information content (AvgIpc) is 2.19. The van der Waals surface area contributed by atoms with Crippen LogP contribution in [0.3, 0.4) is 0 Å². The molecule has 0 aliphatic carbocycles. The molecule has 0 spiro atoms. The van der Waals surface area contributed by atoms with Crippen molar-refractivity contribution in [2.75, 3.05) is 14.1 Å². The third-order valence-electron chi connectivity index (χ3n) is 1.74. The predicted molar refractivity (Wildman–Crippen MR) is 65.2 cm³/mol. The fourth-order valence-corrected chi connectivity index (χ4v) is 1.00. The summed E-state index contributed by atoms with van der Waals surface area (Å²) in [6, 6.07) is 8.36. The van der Waals surface area contributed by atoms with E-state index in [2.05, 4.69) is 43.5 Å². The molecule has 0 bridgehead atoms. The SMILES string of the molecule is CC.Cc1ccccc1/C=C\N(C)C. The van der Waals surface area contributed by atoms with Gasteiger partial charge in [-0.3, -0.25) is 0 Å². The summed E-state index contributed by atoms with van der Waals surface area (Å²) in [6.07, 6.45) is 4.18. The normalized spacial score (nSPS) is 9.50. The van der Waals surface area contributed by atoms with E-state index in [1.807, 2.05) is 32.8 Å². The fourth-order valence-electron chi connectivity index (χ4n) is 1.00. The van der Waals surface area contributed by atoms with Crippen LogP contribution in [0.4, 0.5) is 0 Å². The van der Waals surface area contributed by atoms with E-state index in [1.165, 1.54) is 11.1 Å². The van der Waals surface area contributed by atoms with Crippen LogP contribution in [-0.4, -0.2) is 19.0 Å². The highest BCUT2D eigenvalue weighted by Crippen LogP contribution is 2.08. The van der Waals surface area contributed by atoms with Gasteiger partial charge >= 0.3 is 0 Å². The smallest absolute Gasteiger partial charge is 0.00556 e. The fraction of sp³-hybridized carbons (Fsp3) is 0.385. The average molecular weight is 191 g/mol. The molecule has 0 heterocycles. The van der Waals surface area contributed by atoms with Crippen LogP contribution < -0.4 is 0 Å². The van der Waals surface area contributed by atoms with Crippen LogP contribution in [0.2, 0.25) is 0 Å². The lowest BCUT2D eigenvalue weighted by atomic mass is 10.1. The van der Waals surface area contributed by atoms with E-state index in [-0.39, 0.29) is 0 Å². The first-order valence-electron chi connectivity index (χ1n) is 5.10. The van der Waals surface area contributed by atoms with Crippen molar-refractivity contribution in [3.8, 4) is 0 Å². The number of nitrogens with zero attached hydrogens (tertiary/aromatic N) is 1. The van der Waals surface area contributed by atoms with E-state index in [0.717, 1.165) is 0 Å². The van der Waals surface area contributed by atoms with Gasteiger partial charge in [0.15, 0.2) is 0 Å². The summed E-state index contributed by atoms with van der Waals surface area (Å²) in [5.41, 5.74) is 2.60. The molecule has 0 N–H and O–H groups in total. The highest BCUT2D eigenvalue weighted by atomic mass is 15.0. The molecule has 14 heavy (non-hydrogen) atoms. The third-order valence-corrected chi connectivity index (χ3v) is 1.74. The lowest BCUT2D eigenvalue weighted by Gasteiger charge is -2.04. The van der Waals surface area contributed by atoms with Gasteiger partial charge in [0, 0.05) is 14.1 Å². The zero-order valence-corrected chi connectivity index (χ0v) is 9.91. The first-order valence-corrected chi connectivity index (χ1v) is 5.10. The van der Waals surface area contributed by atoms with E-state index in [1.54, 1.807) is 0 Å². The quantitative estimate of drug-likeness (QED) is 0.691. The van der Waals surface area contributed by atoms with E-state index >= 15 is 0 Å². The molecule has 0 unspecified atom stereocenters. The predicted octanol–water partition coefficient (Wildman–Crippen LogP) is 3.55. The zero-order valence-electron chi connectivity index (χ0n) is 9.91. The Morgan fingerprint density at radius 2 is 1.64 bits per heavy atom. The molecular formula is C13H21N. The Kier molecular flexibility index (Phi) is 6.55. The topological polar surface area (TPSA) is 3.24 Å². The van der Waals surface area contributed by atoms with E-state index in [9.17, 15) is 0 Å². The minimum Gasteiger partial charge on any atom is -0.383 e. The highest BCUT2D eigenvalue weighted by Gasteiger charge is 1.89. The molecule has 1 rings (SSSR count). The van der Waals surface area contributed by atoms with Crippen LogP contribution in [0, 0.1) is 6.92 Å². The number of rotatable bonds is 2. The second kappa shape index (κ2) is 7.19. The molecule has 0 atom stereocenters. The van der Waals surface area contributed by atoms with Crippen molar-refractivity contribution >= 4 is 6.08 Å². The molecule has 1 heteroatoms. The van der Waals surface area contributed by atoms with Crippen LogP contribution in [0.1, 0.15) is 25.0 Å². The molecule has 0 saturated carbocycles. The molecule has 78 valence electrons. The van der Waals surface area contributed by atoms with Gasteiger partial charge in [-0.15, -0.1) is 0 Å². The minimum atomic E-state index is 1.28. The molecule has 0 aromatic heterocycles. The Bertz CT molecular complexity index is 274. The molecule has 0 saturated heterocycles. The standard InChI is InChI=1S/C11H15N.C2H6/c1-10-6-4-5-7-11(10)8-9-12(2)3;1-2/h4-9H,1-3H3;1-2H3/b9-8-;. The molecule has 1 nitrogen and oxygen atoms in total. The van der Waals surface area contributed by atoms with Gasteiger partial charge in [-0.2, -0.15) is 0 Å². The molecule has 1 aromatic carbocycles. The Balaban J connectivity index is 0.000000791. The van der Waals surface area contributed by atoms with E-state index < -0.39 is 0 Å². The van der Waals surface area contributed by atoms with Crippen LogP contribution in [-0.2, 0) is 0 Å². The van der Waals surface area contributed by atoms with Crippen LogP contribution in [0.15, 0.2) is 30.5 Å². The van der Waals surface area contributed by atoms with Gasteiger partial charge < -0.3 is 4.90 Å². The number of hydrogen-bond acceptors (Lipinski definition) is 1. The molecule has 0 aliphatic heterocycles. The van der Waals surface area contributed by atoms with Gasteiger partial charge in [0.1, 0.15) is 0 Å². The van der Waals surface area contributed by atoms with Gasteiger partial charge in [-0.25, -0.2) is 0 Å². The summed E-state index contributed by atoms with van der Waals surface area (Å²) in [6.45, 7) is 6.12. The minimum absolute atomic E-state index is 1.28. The highest BCUT2D eigenvalue weighted by molar-refractivity contribution is 5.52. The summed E-state index contributed by atoms with van der Waals surface area (Å²) >= 11 is 0. The maximum absolute atomic E-state index is 2.12. The van der Waals surface area contributed by atoms with Gasteiger partial charge in [0.25, 0.3) is 0 Å². The van der Waals surface area contributed by atoms with E-state index in [4.69, 9.17) is 0 Å². The van der Waals surface area contributed by atoms with Gasteiger partial charge in [-0.1, -0.05) is 38.1 Å². The van der Waals surface area contributed by atoms with Crippen molar-refractivity contribution in [2.45, 2.75) is 20.8 Å². The summed E-state index contributed by atoms with van der Waals surface area (Å²) in [7, 11) is 4.05. The molecule has 0 aliphatic rings. The van der Waals surface area contributed by atoms with E-state index in [0.29, 0.717) is 0 Å². The molecule has 1 aromatic rings. The zero-order chi connectivity index (χ0) is 11.0. The number of aryl methyl sites for hydroxylation is 1.